The van der Waals surface area contributed by atoms with Crippen molar-refractivity contribution in [1.82, 2.24) is 5.32 Å². The highest BCUT2D eigenvalue weighted by atomic mass is 16.5. The smallest absolute Gasteiger partial charge is 0.317 e. The first-order valence-electron chi connectivity index (χ1n) is 5.60. The lowest BCUT2D eigenvalue weighted by Gasteiger charge is -2.19. The van der Waals surface area contributed by atoms with Crippen molar-refractivity contribution < 1.29 is 34.1 Å². The molecule has 0 aliphatic heterocycles. The summed E-state index contributed by atoms with van der Waals surface area (Å²) in [5, 5.41) is 20.0. The van der Waals surface area contributed by atoms with Crippen LogP contribution in [0.5, 0.6) is 0 Å². The van der Waals surface area contributed by atoms with Crippen LogP contribution in [0.1, 0.15) is 26.7 Å². The van der Waals surface area contributed by atoms with E-state index in [-0.39, 0.29) is 19.4 Å². The molecule has 3 N–H and O–H groups in total. The molecule has 108 valence electrons. The number of hydrogen-bond acceptors (Lipinski definition) is 5. The van der Waals surface area contributed by atoms with E-state index in [1.54, 1.807) is 0 Å². The summed E-state index contributed by atoms with van der Waals surface area (Å²) in [7, 11) is 0. The average Bonchev–Trinajstić information content (AvgIpc) is 2.22. The van der Waals surface area contributed by atoms with Gasteiger partial charge in [0, 0.05) is 26.3 Å². The van der Waals surface area contributed by atoms with Crippen LogP contribution in [0.3, 0.4) is 0 Å². The van der Waals surface area contributed by atoms with Crippen LogP contribution in [0.4, 0.5) is 0 Å². The number of carboxylic acid groups (broad SMARTS) is 2. The molecule has 1 amide bonds. The maximum Gasteiger partial charge on any atom is 0.317 e. The van der Waals surface area contributed by atoms with Crippen molar-refractivity contribution in [3.63, 3.8) is 0 Å². The van der Waals surface area contributed by atoms with Crippen LogP contribution in [-0.4, -0.2) is 46.7 Å². The first kappa shape index (κ1) is 16.9. The maximum absolute atomic E-state index is 11.0. The average molecular weight is 275 g/mol. The zero-order valence-electron chi connectivity index (χ0n) is 10.7. The molecule has 0 saturated heterocycles. The zero-order chi connectivity index (χ0) is 15.0. The van der Waals surface area contributed by atoms with Gasteiger partial charge < -0.3 is 20.3 Å². The maximum atomic E-state index is 11.0. The molecule has 8 nitrogen and oxygen atoms in total. The number of carbonyl (C=O) groups is 4. The lowest BCUT2D eigenvalue weighted by Crippen LogP contribution is -2.39. The summed E-state index contributed by atoms with van der Waals surface area (Å²) in [6.07, 6.45) is -0.123. The van der Waals surface area contributed by atoms with Crippen molar-refractivity contribution >= 4 is 23.8 Å². The number of carbonyl (C=O) groups excluding carboxylic acids is 2. The molecule has 0 aromatic rings. The summed E-state index contributed by atoms with van der Waals surface area (Å²) in [4.78, 5) is 43.1. The third-order valence-corrected chi connectivity index (χ3v) is 2.30. The number of rotatable bonds is 8. The number of nitrogens with one attached hydrogen (secondary N) is 1. The molecule has 0 aliphatic rings. The van der Waals surface area contributed by atoms with Crippen molar-refractivity contribution in [1.29, 1.82) is 0 Å². The molecule has 0 aromatic carbocycles. The topological polar surface area (TPSA) is 130 Å². The van der Waals surface area contributed by atoms with Crippen molar-refractivity contribution in [2.24, 2.45) is 5.92 Å². The Bertz CT molecular complexity index is 352. The molecule has 19 heavy (non-hydrogen) atoms. The van der Waals surface area contributed by atoms with E-state index in [0.717, 1.165) is 0 Å². The van der Waals surface area contributed by atoms with E-state index in [1.807, 2.05) is 0 Å². The number of hydrogen-bond donors (Lipinski definition) is 3. The van der Waals surface area contributed by atoms with Gasteiger partial charge in [0.25, 0.3) is 0 Å². The Morgan fingerprint density at radius 2 is 1.63 bits per heavy atom. The summed E-state index contributed by atoms with van der Waals surface area (Å²) in [5.74, 6) is -5.49. The highest BCUT2D eigenvalue weighted by Crippen LogP contribution is 2.11. The van der Waals surface area contributed by atoms with E-state index in [0.29, 0.717) is 0 Å². The summed E-state index contributed by atoms with van der Waals surface area (Å²) in [6, 6.07) is -0.686. The fraction of sp³-hybridized carbons (Fsp3) is 0.636. The Labute approximate surface area is 109 Å². The summed E-state index contributed by atoms with van der Waals surface area (Å²) < 4.78 is 4.67. The molecule has 0 bridgehead atoms. The fourth-order valence-corrected chi connectivity index (χ4v) is 1.47. The Morgan fingerprint density at radius 1 is 1.11 bits per heavy atom. The molecule has 0 heterocycles. The van der Waals surface area contributed by atoms with Crippen molar-refractivity contribution in [3.05, 3.63) is 0 Å². The molecule has 1 unspecified atom stereocenters. The normalized spacial score (nSPS) is 11.7. The molecule has 0 saturated carbocycles. The van der Waals surface area contributed by atoms with Crippen LogP contribution >= 0.6 is 0 Å². The van der Waals surface area contributed by atoms with Gasteiger partial charge in [0.1, 0.15) is 0 Å². The minimum Gasteiger partial charge on any atom is -0.481 e. The van der Waals surface area contributed by atoms with Gasteiger partial charge in [-0.1, -0.05) is 0 Å². The van der Waals surface area contributed by atoms with Gasteiger partial charge >= 0.3 is 17.9 Å². The second kappa shape index (κ2) is 8.06. The molecule has 8 heteroatoms. The fourth-order valence-electron chi connectivity index (χ4n) is 1.47. The summed E-state index contributed by atoms with van der Waals surface area (Å²) in [6.45, 7) is 2.42. The molecule has 0 spiro atoms. The van der Waals surface area contributed by atoms with E-state index >= 15 is 0 Å². The third-order valence-electron chi connectivity index (χ3n) is 2.30. The van der Waals surface area contributed by atoms with E-state index in [9.17, 15) is 19.2 Å². The quantitative estimate of drug-likeness (QED) is 0.406. The van der Waals surface area contributed by atoms with Gasteiger partial charge in [0.2, 0.25) is 5.91 Å². The predicted octanol–water partition coefficient (Wildman–Crippen LogP) is -0.380. The monoisotopic (exact) mass is 275 g/mol. The van der Waals surface area contributed by atoms with Crippen LogP contribution < -0.4 is 5.32 Å². The van der Waals surface area contributed by atoms with Gasteiger partial charge in [-0.2, -0.15) is 0 Å². The summed E-state index contributed by atoms with van der Waals surface area (Å²) >= 11 is 0. The number of esters is 1. The largest absolute Gasteiger partial charge is 0.481 e. The molecule has 0 radical (unpaired) electrons. The van der Waals surface area contributed by atoms with Gasteiger partial charge in [0.05, 0.1) is 6.61 Å². The second-order valence-corrected chi connectivity index (χ2v) is 3.99. The number of aliphatic carboxylic acids is 2. The van der Waals surface area contributed by atoms with Crippen LogP contribution in [-0.2, 0) is 23.9 Å². The molecule has 0 aromatic heterocycles. The van der Waals surface area contributed by atoms with Crippen LogP contribution in [0.15, 0.2) is 0 Å². The van der Waals surface area contributed by atoms with Gasteiger partial charge in [-0.15, -0.1) is 0 Å². The molecular weight excluding hydrogens is 258 g/mol. The molecule has 0 aliphatic carbocycles. The van der Waals surface area contributed by atoms with Crippen LogP contribution in [0.2, 0.25) is 0 Å². The SMILES string of the molecule is CC(=O)NC(CCOC(C)=O)CC(C(=O)O)C(=O)O. The van der Waals surface area contributed by atoms with E-state index < -0.39 is 35.8 Å². The highest BCUT2D eigenvalue weighted by molar-refractivity contribution is 5.92. The zero-order valence-corrected chi connectivity index (χ0v) is 10.7. The third kappa shape index (κ3) is 7.74. The number of carboxylic acids is 2. The molecule has 0 fully saturated rings. The first-order valence-corrected chi connectivity index (χ1v) is 5.60. The van der Waals surface area contributed by atoms with Gasteiger partial charge in [-0.25, -0.2) is 0 Å². The van der Waals surface area contributed by atoms with Gasteiger partial charge in [0.15, 0.2) is 5.92 Å². The van der Waals surface area contributed by atoms with Gasteiger partial charge in [-0.3, -0.25) is 19.2 Å². The van der Waals surface area contributed by atoms with Crippen molar-refractivity contribution in [2.45, 2.75) is 32.7 Å². The lowest BCUT2D eigenvalue weighted by molar-refractivity contribution is -0.155. The minimum atomic E-state index is -1.62. The summed E-state index contributed by atoms with van der Waals surface area (Å²) in [5.41, 5.74) is 0. The standard InChI is InChI=1S/C11H17NO7/c1-6(13)12-8(3-4-19-7(2)14)5-9(10(15)16)11(17)18/h8-9H,3-5H2,1-2H3,(H,12,13)(H,15,16)(H,17,18). The minimum absolute atomic E-state index is 0.0216. The van der Waals surface area contributed by atoms with E-state index in [4.69, 9.17) is 10.2 Å². The number of amides is 1. The van der Waals surface area contributed by atoms with E-state index in [1.165, 1.54) is 13.8 Å². The first-order chi connectivity index (χ1) is 8.73. The van der Waals surface area contributed by atoms with Crippen LogP contribution in [0, 0.1) is 5.92 Å². The van der Waals surface area contributed by atoms with Gasteiger partial charge in [-0.05, 0) is 6.42 Å². The molecular formula is C11H17NO7. The van der Waals surface area contributed by atoms with E-state index in [2.05, 4.69) is 10.1 Å². The molecule has 1 atom stereocenters. The van der Waals surface area contributed by atoms with Crippen LogP contribution in [0.25, 0.3) is 0 Å². The Morgan fingerprint density at radius 3 is 2.00 bits per heavy atom. The molecule has 0 rings (SSSR count). The Hall–Kier alpha value is -2.12. The predicted molar refractivity (Wildman–Crippen MR) is 62.2 cm³/mol. The van der Waals surface area contributed by atoms with Crippen molar-refractivity contribution in [2.75, 3.05) is 6.61 Å². The number of ether oxygens (including phenoxy) is 1. The second-order valence-electron chi connectivity index (χ2n) is 3.99. The lowest BCUT2D eigenvalue weighted by atomic mass is 9.98. The Balaban J connectivity index is 4.55. The highest BCUT2D eigenvalue weighted by Gasteiger charge is 2.29. The van der Waals surface area contributed by atoms with Crippen molar-refractivity contribution in [3.8, 4) is 0 Å². The Kier molecular flexibility index (Phi) is 7.16.